The molecule has 1 heterocycles. The van der Waals surface area contributed by atoms with Crippen LogP contribution in [0.3, 0.4) is 0 Å². The van der Waals surface area contributed by atoms with Crippen LogP contribution in [0, 0.1) is 5.92 Å². The highest BCUT2D eigenvalue weighted by molar-refractivity contribution is 5.79. The van der Waals surface area contributed by atoms with Crippen LogP contribution in [0.15, 0.2) is 53.1 Å². The molecule has 4 nitrogen and oxygen atoms in total. The highest BCUT2D eigenvalue weighted by atomic mass is 16.3. The molecule has 0 spiro atoms. The smallest absolute Gasteiger partial charge is 0.226 e. The third kappa shape index (κ3) is 4.73. The van der Waals surface area contributed by atoms with Crippen LogP contribution in [0.2, 0.25) is 0 Å². The molecule has 4 heteroatoms. The molecule has 0 radical (unpaired) electrons. The molecule has 0 unspecified atom stereocenters. The molecule has 0 N–H and O–H groups in total. The predicted octanol–water partition coefficient (Wildman–Crippen LogP) is 3.93. The van der Waals surface area contributed by atoms with Gasteiger partial charge in [-0.2, -0.15) is 0 Å². The first-order valence-corrected chi connectivity index (χ1v) is 9.15. The Balaban J connectivity index is 1.74. The van der Waals surface area contributed by atoms with Crippen molar-refractivity contribution in [3.63, 3.8) is 0 Å². The fourth-order valence-corrected chi connectivity index (χ4v) is 3.72. The number of rotatable bonds is 6. The van der Waals surface area contributed by atoms with Gasteiger partial charge in [0.25, 0.3) is 0 Å². The monoisotopic (exact) mass is 340 g/mol. The normalized spacial score (nSPS) is 20.6. The average molecular weight is 340 g/mol. The van der Waals surface area contributed by atoms with Gasteiger partial charge < -0.3 is 14.2 Å². The molecule has 3 rings (SSSR count). The minimum absolute atomic E-state index is 0.111. The number of hydrogen-bond acceptors (Lipinski definition) is 3. The number of benzene rings is 1. The van der Waals surface area contributed by atoms with Gasteiger partial charge in [0.05, 0.1) is 12.8 Å². The number of furan rings is 1. The van der Waals surface area contributed by atoms with E-state index in [2.05, 4.69) is 31.1 Å². The van der Waals surface area contributed by atoms with Gasteiger partial charge >= 0.3 is 0 Å². The first-order valence-electron chi connectivity index (χ1n) is 9.15. The summed E-state index contributed by atoms with van der Waals surface area (Å²) in [5, 5.41) is 0. The summed E-state index contributed by atoms with van der Waals surface area (Å²) in [5.41, 5.74) is 1.15. The van der Waals surface area contributed by atoms with Gasteiger partial charge in [0.15, 0.2) is 0 Å². The van der Waals surface area contributed by atoms with Crippen LogP contribution in [0.5, 0.6) is 0 Å². The van der Waals surface area contributed by atoms with Crippen LogP contribution in [-0.2, 0) is 17.9 Å². The van der Waals surface area contributed by atoms with Gasteiger partial charge in [0.2, 0.25) is 5.91 Å². The Hall–Kier alpha value is -2.07. The van der Waals surface area contributed by atoms with Gasteiger partial charge in [-0.05, 0) is 51.1 Å². The number of carbonyl (C=O) groups is 1. The zero-order chi connectivity index (χ0) is 17.6. The summed E-state index contributed by atoms with van der Waals surface area (Å²) in [5.74, 6) is 1.20. The minimum atomic E-state index is 0.111. The van der Waals surface area contributed by atoms with Gasteiger partial charge in [-0.15, -0.1) is 0 Å². The van der Waals surface area contributed by atoms with Crippen LogP contribution < -0.4 is 0 Å². The molecule has 1 aromatic carbocycles. The molecule has 2 atom stereocenters. The standard InChI is InChI=1S/C21H28N2O2/c1-22(2)19-11-6-10-18(14-19)21(24)23(16-20-12-7-13-25-20)15-17-8-4-3-5-9-17/h3-5,7-9,12-13,18-19H,6,10-11,14-16H2,1-2H3/t18-,19+/m1/s1. The minimum Gasteiger partial charge on any atom is -0.467 e. The number of hydrogen-bond donors (Lipinski definition) is 0. The van der Waals surface area contributed by atoms with Crippen molar-refractivity contribution in [1.29, 1.82) is 0 Å². The van der Waals surface area contributed by atoms with E-state index >= 15 is 0 Å². The zero-order valence-electron chi connectivity index (χ0n) is 15.2. The lowest BCUT2D eigenvalue weighted by molar-refractivity contribution is -0.138. The van der Waals surface area contributed by atoms with E-state index in [1.54, 1.807) is 6.26 Å². The molecule has 0 aliphatic heterocycles. The lowest BCUT2D eigenvalue weighted by atomic mass is 9.84. The quantitative estimate of drug-likeness (QED) is 0.799. The summed E-state index contributed by atoms with van der Waals surface area (Å²) in [7, 11) is 4.23. The van der Waals surface area contributed by atoms with E-state index in [-0.39, 0.29) is 11.8 Å². The summed E-state index contributed by atoms with van der Waals surface area (Å²) < 4.78 is 5.50. The summed E-state index contributed by atoms with van der Waals surface area (Å²) in [6, 6.07) is 14.5. The van der Waals surface area contributed by atoms with Crippen molar-refractivity contribution in [3.8, 4) is 0 Å². The van der Waals surface area contributed by atoms with Gasteiger partial charge in [0, 0.05) is 18.5 Å². The lowest BCUT2D eigenvalue weighted by Crippen LogP contribution is -2.41. The van der Waals surface area contributed by atoms with Crippen molar-refractivity contribution in [1.82, 2.24) is 9.80 Å². The maximum Gasteiger partial charge on any atom is 0.226 e. The maximum atomic E-state index is 13.3. The molecule has 25 heavy (non-hydrogen) atoms. The van der Waals surface area contributed by atoms with E-state index < -0.39 is 0 Å². The SMILES string of the molecule is CN(C)[C@H]1CCC[C@@H](C(=O)N(Cc2ccccc2)Cc2ccco2)C1. The third-order valence-electron chi connectivity index (χ3n) is 5.18. The number of nitrogens with zero attached hydrogens (tertiary/aromatic N) is 2. The second-order valence-electron chi connectivity index (χ2n) is 7.24. The van der Waals surface area contributed by atoms with Gasteiger partial charge in [-0.3, -0.25) is 4.79 Å². The van der Waals surface area contributed by atoms with E-state index in [1.807, 2.05) is 35.2 Å². The fraction of sp³-hybridized carbons (Fsp3) is 0.476. The topological polar surface area (TPSA) is 36.7 Å². The van der Waals surface area contributed by atoms with E-state index in [0.717, 1.165) is 30.6 Å². The Morgan fingerprint density at radius 3 is 2.56 bits per heavy atom. The van der Waals surface area contributed by atoms with Gasteiger partial charge in [0.1, 0.15) is 5.76 Å². The maximum absolute atomic E-state index is 13.3. The molecule has 1 fully saturated rings. The van der Waals surface area contributed by atoms with E-state index in [9.17, 15) is 4.79 Å². The fourth-order valence-electron chi connectivity index (χ4n) is 3.72. The predicted molar refractivity (Wildman–Crippen MR) is 98.8 cm³/mol. The van der Waals surface area contributed by atoms with Crippen molar-refractivity contribution >= 4 is 5.91 Å². The molecule has 1 aliphatic rings. The first kappa shape index (κ1) is 17.7. The van der Waals surface area contributed by atoms with Gasteiger partial charge in [-0.1, -0.05) is 36.8 Å². The van der Waals surface area contributed by atoms with E-state index in [0.29, 0.717) is 19.1 Å². The first-order chi connectivity index (χ1) is 12.1. The highest BCUT2D eigenvalue weighted by Crippen LogP contribution is 2.29. The molecule has 0 saturated heterocycles. The average Bonchev–Trinajstić information content (AvgIpc) is 3.14. The highest BCUT2D eigenvalue weighted by Gasteiger charge is 2.31. The molecule has 1 amide bonds. The number of carbonyl (C=O) groups excluding carboxylic acids is 1. The summed E-state index contributed by atoms with van der Waals surface area (Å²) in [6.07, 6.45) is 5.93. The van der Waals surface area contributed by atoms with Crippen LogP contribution in [0.4, 0.5) is 0 Å². The molecule has 1 saturated carbocycles. The number of amides is 1. The van der Waals surface area contributed by atoms with Crippen molar-refractivity contribution < 1.29 is 9.21 Å². The van der Waals surface area contributed by atoms with Crippen molar-refractivity contribution in [2.24, 2.45) is 5.92 Å². The second kappa shape index (κ2) is 8.34. The van der Waals surface area contributed by atoms with E-state index in [1.165, 1.54) is 6.42 Å². The van der Waals surface area contributed by atoms with Crippen molar-refractivity contribution in [2.45, 2.75) is 44.8 Å². The van der Waals surface area contributed by atoms with Crippen molar-refractivity contribution in [3.05, 3.63) is 60.1 Å². The molecule has 1 aromatic heterocycles. The Bertz CT molecular complexity index is 652. The summed E-state index contributed by atoms with van der Waals surface area (Å²) in [6.45, 7) is 1.16. The van der Waals surface area contributed by atoms with Crippen molar-refractivity contribution in [2.75, 3.05) is 14.1 Å². The van der Waals surface area contributed by atoms with Crippen LogP contribution in [-0.4, -0.2) is 35.8 Å². The molecule has 0 bridgehead atoms. The summed E-state index contributed by atoms with van der Waals surface area (Å²) in [4.78, 5) is 17.5. The zero-order valence-corrected chi connectivity index (χ0v) is 15.2. The molecular weight excluding hydrogens is 312 g/mol. The Morgan fingerprint density at radius 1 is 1.08 bits per heavy atom. The van der Waals surface area contributed by atoms with Crippen LogP contribution >= 0.6 is 0 Å². The van der Waals surface area contributed by atoms with Crippen LogP contribution in [0.1, 0.15) is 37.0 Å². The second-order valence-corrected chi connectivity index (χ2v) is 7.24. The molecule has 1 aliphatic carbocycles. The molecule has 2 aromatic rings. The molecular formula is C21H28N2O2. The van der Waals surface area contributed by atoms with Crippen LogP contribution in [0.25, 0.3) is 0 Å². The Kier molecular flexibility index (Phi) is 5.92. The van der Waals surface area contributed by atoms with E-state index in [4.69, 9.17) is 4.42 Å². The summed E-state index contributed by atoms with van der Waals surface area (Å²) >= 11 is 0. The van der Waals surface area contributed by atoms with Gasteiger partial charge in [-0.25, -0.2) is 0 Å². The Morgan fingerprint density at radius 2 is 1.88 bits per heavy atom. The lowest BCUT2D eigenvalue weighted by Gasteiger charge is -2.35. The largest absolute Gasteiger partial charge is 0.467 e. The molecule has 134 valence electrons. The Labute approximate surface area is 150 Å². The third-order valence-corrected chi connectivity index (χ3v) is 5.18.